The zero-order valence-corrected chi connectivity index (χ0v) is 55.7. The van der Waals surface area contributed by atoms with Gasteiger partial charge in [-0.15, -0.1) is 11.6 Å². The summed E-state index contributed by atoms with van der Waals surface area (Å²) in [6.45, 7) is 9.38. The van der Waals surface area contributed by atoms with Crippen molar-refractivity contribution in [2.45, 2.75) is 139 Å². The summed E-state index contributed by atoms with van der Waals surface area (Å²) in [6, 6.07) is 26.3. The van der Waals surface area contributed by atoms with Crippen LogP contribution >= 0.6 is 20.1 Å². The van der Waals surface area contributed by atoms with Crippen molar-refractivity contribution in [2.24, 2.45) is 0 Å². The molecule has 95 heavy (non-hydrogen) atoms. The molecule has 26 nitrogen and oxygen atoms in total. The second kappa shape index (κ2) is 41.4. The molecule has 0 aliphatic carbocycles. The van der Waals surface area contributed by atoms with E-state index >= 15 is 4.39 Å². The standard InChI is InChI=1S/C21H19ClO2.C19H34FN4O5P.C10H13FN2O5.C10H13FN2O4.CH3F.2CH4O/c1-23-19-12-8-17(9-13-19)21(22,16-6-4-3-5-7-16)18-10-14-20(24-2)15-11-18;1-7-27-11-21-30(24(12(2)3)13(4)5)29-18-14(6)28-10-15(17(18)20)23-9-8-16(25)22-19(23)26;11-8-5(4-18-6(3-14)9(8)16)13-2-1-7(15)12-10(13)17;1-5-9(15)8(11)6(4-17-5)13-3-2-7(14)12-10(13)16;3*1-2/h3-15H,1-2H3;8-9,12-15,17-18,21H,7,10-11H2,1-6H3,(H,22,25,26);1-2,5-6,8-9,14,16H,3-4H2,(H,12,15,17);2-3,5-6,8-9,15H,4H2,1H3,(H,12,14,16);1H3;2*2H,1H3/i;6D;;2*1D;2*2T. The lowest BCUT2D eigenvalue weighted by Gasteiger charge is -2.43. The molecule has 9 N–H and O–H groups in total. The molecule has 32 heteroatoms. The Morgan fingerprint density at radius 1 is 0.674 bits per heavy atom. The van der Waals surface area contributed by atoms with Gasteiger partial charge in [-0.2, -0.15) is 0 Å². The Morgan fingerprint density at radius 2 is 1.06 bits per heavy atom. The summed E-state index contributed by atoms with van der Waals surface area (Å²) in [5.74, 6) is 1.61. The molecule has 13 atom stereocenters. The maximum atomic E-state index is 15.7. The van der Waals surface area contributed by atoms with Crippen LogP contribution in [-0.4, -0.2) is 204 Å². The summed E-state index contributed by atoms with van der Waals surface area (Å²) < 4.78 is 129. The fraction of sp³-hybridized carbons (Fsp3) is 0.524. The minimum absolute atomic E-state index is 0.0983. The van der Waals surface area contributed by atoms with Gasteiger partial charge in [0.05, 0.1) is 79.5 Å². The van der Waals surface area contributed by atoms with Crippen molar-refractivity contribution in [3.05, 3.63) is 195 Å². The second-order valence-electron chi connectivity index (χ2n) is 21.1. The van der Waals surface area contributed by atoms with Gasteiger partial charge in [0.25, 0.3) is 16.7 Å². The molecule has 0 amide bonds. The van der Waals surface area contributed by atoms with Gasteiger partial charge in [0.1, 0.15) is 47.5 Å². The number of aliphatic hydroxyl groups is 5. The number of nitrogens with one attached hydrogen (secondary N) is 4. The van der Waals surface area contributed by atoms with Crippen molar-refractivity contribution in [3.8, 4) is 11.5 Å². The lowest BCUT2D eigenvalue weighted by atomic mass is 9.84. The van der Waals surface area contributed by atoms with Crippen LogP contribution in [0.15, 0.2) is 144 Å². The Kier molecular flexibility index (Phi) is 32.3. The normalized spacial score (nSPS) is 24.0. The number of benzene rings is 3. The Labute approximate surface area is 560 Å². The smallest absolute Gasteiger partial charge is 0.328 e. The number of alkyl halides is 5. The predicted octanol–water partition coefficient (Wildman–Crippen LogP) is 4.55. The van der Waals surface area contributed by atoms with E-state index in [0.717, 1.165) is 72.5 Å². The van der Waals surface area contributed by atoms with Crippen LogP contribution in [0.3, 0.4) is 0 Å². The highest BCUT2D eigenvalue weighted by Crippen LogP contribution is 2.46. The molecular formula is C63H90ClF4N8O18P. The molecule has 3 aromatic heterocycles. The maximum Gasteiger partial charge on any atom is 0.328 e. The van der Waals surface area contributed by atoms with Crippen LogP contribution in [0.4, 0.5) is 17.6 Å². The highest BCUT2D eigenvalue weighted by atomic mass is 35.5. The summed E-state index contributed by atoms with van der Waals surface area (Å²) >= 11 is 7.22. The summed E-state index contributed by atoms with van der Waals surface area (Å²) in [5, 5.41) is 38.3. The number of aromatic nitrogens is 6. The van der Waals surface area contributed by atoms with Crippen LogP contribution < -0.4 is 48.3 Å². The van der Waals surface area contributed by atoms with Gasteiger partial charge in [0.2, 0.25) is 2.86 Å². The molecule has 13 unspecified atom stereocenters. The van der Waals surface area contributed by atoms with Gasteiger partial charge in [0, 0.05) is 72.4 Å². The average Bonchev–Trinajstić information content (AvgIpc) is 0.780. The number of hydrogen-bond donors (Lipinski definition) is 9. The molecule has 9 rings (SSSR count). The minimum Gasteiger partial charge on any atom is -0.497 e. The topological polar surface area (TPSA) is 346 Å². The Bertz CT molecular complexity index is 3490. The monoisotopic (exact) mass is 1400 g/mol. The number of hydrogen-bond acceptors (Lipinski definition) is 20. The van der Waals surface area contributed by atoms with Gasteiger partial charge in [-0.25, -0.2) is 37.3 Å². The predicted molar refractivity (Wildman–Crippen MR) is 350 cm³/mol. The molecule has 3 aromatic carbocycles. The van der Waals surface area contributed by atoms with Crippen LogP contribution in [0.2, 0.25) is 0 Å². The van der Waals surface area contributed by atoms with E-state index in [1.807, 2.05) is 123 Å². The Morgan fingerprint density at radius 3 is 1.44 bits per heavy atom. The van der Waals surface area contributed by atoms with Crippen LogP contribution in [0.5, 0.6) is 11.5 Å². The fourth-order valence-electron chi connectivity index (χ4n) is 9.89. The number of methoxy groups -OCH3 is 2. The van der Waals surface area contributed by atoms with E-state index in [9.17, 15) is 52.2 Å². The molecule has 530 valence electrons. The molecule has 3 aliphatic rings. The Hall–Kier alpha value is -6.74. The molecule has 6 heterocycles. The van der Waals surface area contributed by atoms with Crippen molar-refractivity contribution < 1.29 is 80.2 Å². The summed E-state index contributed by atoms with van der Waals surface area (Å²) in [6.07, 6.45) is -8.28. The number of aliphatic hydroxyl groups excluding tert-OH is 5. The van der Waals surface area contributed by atoms with E-state index in [2.05, 4.69) is 25.0 Å². The number of nitrogens with zero attached hydrogens (tertiary/aromatic N) is 4. The van der Waals surface area contributed by atoms with Crippen LogP contribution in [0, 0.1) is 0 Å². The highest BCUT2D eigenvalue weighted by molar-refractivity contribution is 7.47. The Balaban J connectivity index is 0.000000339. The summed E-state index contributed by atoms with van der Waals surface area (Å²) in [4.78, 5) is 73.7. The summed E-state index contributed by atoms with van der Waals surface area (Å²) in [5.41, 5.74) is -0.966. The van der Waals surface area contributed by atoms with Crippen molar-refractivity contribution in [1.82, 2.24) is 38.4 Å². The molecule has 0 bridgehead atoms. The number of ether oxygens (including phenoxy) is 6. The van der Waals surface area contributed by atoms with Gasteiger partial charge in [0.15, 0.2) is 27.0 Å². The lowest BCUT2D eigenvalue weighted by Crippen LogP contribution is -2.52. The van der Waals surface area contributed by atoms with Gasteiger partial charge >= 0.3 is 17.1 Å². The van der Waals surface area contributed by atoms with Crippen LogP contribution in [0.25, 0.3) is 0 Å². The van der Waals surface area contributed by atoms with Gasteiger partial charge in [-0.1, -0.05) is 54.6 Å². The van der Waals surface area contributed by atoms with Crippen molar-refractivity contribution in [1.29, 1.82) is 2.86 Å². The third-order valence-corrected chi connectivity index (χ3v) is 17.4. The van der Waals surface area contributed by atoms with E-state index in [-0.39, 0.29) is 52.4 Å². The van der Waals surface area contributed by atoms with Crippen LogP contribution in [0.1, 0.15) is 87.3 Å². The van der Waals surface area contributed by atoms with Gasteiger partial charge < -0.3 is 58.5 Å². The zero-order chi connectivity index (χ0) is 74.8. The molecule has 0 saturated carbocycles. The molecule has 0 radical (unpaired) electrons. The second-order valence-corrected chi connectivity index (χ2v) is 23.2. The van der Waals surface area contributed by atoms with Crippen molar-refractivity contribution in [2.75, 3.05) is 75.4 Å². The van der Waals surface area contributed by atoms with E-state index in [4.69, 9.17) is 56.6 Å². The quantitative estimate of drug-likeness (QED) is 0.0142. The van der Waals surface area contributed by atoms with E-state index < -0.39 is 134 Å². The van der Waals surface area contributed by atoms with Gasteiger partial charge in [-0.05, 0) is 89.4 Å². The molecule has 3 saturated heterocycles. The summed E-state index contributed by atoms with van der Waals surface area (Å²) in [7, 11) is 3.41. The first-order valence-electron chi connectivity index (χ1n) is 32.4. The minimum atomic E-state index is -1.76. The number of H-pyrrole nitrogens is 3. The van der Waals surface area contributed by atoms with Gasteiger partial charge in [-0.3, -0.25) is 47.4 Å². The molecule has 6 aromatic rings. The van der Waals surface area contributed by atoms with E-state index in [1.54, 1.807) is 14.2 Å². The number of aromatic amines is 3. The first-order valence-corrected chi connectivity index (χ1v) is 31.0. The highest BCUT2D eigenvalue weighted by Gasteiger charge is 2.45. The third kappa shape index (κ3) is 22.4. The van der Waals surface area contributed by atoms with Crippen molar-refractivity contribution >= 4 is 20.1 Å². The number of halogens is 5. The average molecular weight is 1400 g/mol. The maximum absolute atomic E-state index is 15.7. The zero-order valence-electron chi connectivity index (χ0n) is 59.0. The SMILES string of the molecule is COc1ccc(C(Cl)(c2ccccc2)c2ccc(OC)cc2)cc1.O=c1ccn(C2COC(CO)C(O)C2F)c(=O)[nH]1.[2H]CC1OCC(n2ccc(=O)[nH]c2=O)C(F)C1O.[2H]CC1OCC(n2ccc(=O)[nH]c2=O)C(F)C1OP(NCOCC)N(C(C)C)C(C)C.[2H]CF.[3H]OC.[3H]OC. The fourth-order valence-corrected chi connectivity index (χ4v) is 12.1. The molecule has 0 spiro atoms. The molecular weight excluding hydrogens is 1300 g/mol. The lowest BCUT2D eigenvalue weighted by molar-refractivity contribution is -0.149. The third-order valence-electron chi connectivity index (χ3n) is 14.6. The van der Waals surface area contributed by atoms with E-state index in [0.29, 0.717) is 6.61 Å². The first kappa shape index (κ1) is 74.1. The first-order chi connectivity index (χ1) is 47.7. The van der Waals surface area contributed by atoms with Crippen LogP contribution in [-0.2, 0) is 28.3 Å². The van der Waals surface area contributed by atoms with E-state index in [1.165, 1.54) is 20.4 Å². The molecule has 3 fully saturated rings. The number of rotatable bonds is 18. The van der Waals surface area contributed by atoms with Crippen molar-refractivity contribution in [3.63, 3.8) is 0 Å². The molecule has 3 aliphatic heterocycles. The largest absolute Gasteiger partial charge is 0.497 e.